The molecule has 0 radical (unpaired) electrons. The van der Waals surface area contributed by atoms with E-state index in [4.69, 9.17) is 0 Å². The van der Waals surface area contributed by atoms with Crippen LogP contribution in [-0.4, -0.2) is 12.6 Å². The van der Waals surface area contributed by atoms with E-state index in [-0.39, 0.29) is 5.41 Å². The van der Waals surface area contributed by atoms with Gasteiger partial charge < -0.3 is 5.32 Å². The van der Waals surface area contributed by atoms with Gasteiger partial charge in [0.05, 0.1) is 0 Å². The zero-order valence-electron chi connectivity index (χ0n) is 14.4. The molecule has 1 aliphatic rings. The molecule has 1 aromatic carbocycles. The molecule has 1 heteroatoms. The number of hydrogen-bond acceptors (Lipinski definition) is 1. The van der Waals surface area contributed by atoms with E-state index < -0.39 is 0 Å². The third-order valence-electron chi connectivity index (χ3n) is 5.17. The zero-order chi connectivity index (χ0) is 15.3. The minimum absolute atomic E-state index is 0.244. The van der Waals surface area contributed by atoms with Crippen LogP contribution in [0.25, 0.3) is 0 Å². The molecule has 3 atom stereocenters. The number of rotatable bonds is 6. The Morgan fingerprint density at radius 2 is 1.90 bits per heavy atom. The summed E-state index contributed by atoms with van der Waals surface area (Å²) in [5, 5.41) is 3.80. The van der Waals surface area contributed by atoms with Crippen LogP contribution in [0.3, 0.4) is 0 Å². The fourth-order valence-corrected chi connectivity index (χ4v) is 3.96. The summed E-state index contributed by atoms with van der Waals surface area (Å²) in [6, 6.07) is 11.5. The van der Waals surface area contributed by atoms with E-state index in [1.807, 2.05) is 0 Å². The maximum atomic E-state index is 3.80. The van der Waals surface area contributed by atoms with Crippen LogP contribution in [-0.2, 0) is 5.41 Å². The molecule has 1 fully saturated rings. The van der Waals surface area contributed by atoms with Gasteiger partial charge in [0.2, 0.25) is 0 Å². The second kappa shape index (κ2) is 7.45. The van der Waals surface area contributed by atoms with Gasteiger partial charge in [0.15, 0.2) is 0 Å². The molecule has 1 N–H and O–H groups in total. The summed E-state index contributed by atoms with van der Waals surface area (Å²) < 4.78 is 0. The van der Waals surface area contributed by atoms with Crippen molar-refractivity contribution in [3.05, 3.63) is 35.9 Å². The summed E-state index contributed by atoms with van der Waals surface area (Å²) in [5.74, 6) is 1.83. The third-order valence-corrected chi connectivity index (χ3v) is 5.17. The normalized spacial score (nSPS) is 24.8. The fraction of sp³-hybridized carbons (Fsp3) is 0.700. The van der Waals surface area contributed by atoms with Crippen LogP contribution in [0, 0.1) is 11.8 Å². The second-order valence-corrected chi connectivity index (χ2v) is 7.90. The molecule has 3 unspecified atom stereocenters. The zero-order valence-corrected chi connectivity index (χ0v) is 14.4. The van der Waals surface area contributed by atoms with Crippen molar-refractivity contribution in [2.45, 2.75) is 71.3 Å². The molecule has 0 heterocycles. The lowest BCUT2D eigenvalue weighted by Crippen LogP contribution is -2.37. The average Bonchev–Trinajstić information content (AvgIpc) is 2.46. The maximum absolute atomic E-state index is 3.80. The van der Waals surface area contributed by atoms with Gasteiger partial charge in [-0.15, -0.1) is 0 Å². The van der Waals surface area contributed by atoms with Crippen molar-refractivity contribution in [1.29, 1.82) is 0 Å². The topological polar surface area (TPSA) is 12.0 Å². The van der Waals surface area contributed by atoms with E-state index in [0.29, 0.717) is 6.04 Å². The Labute approximate surface area is 131 Å². The van der Waals surface area contributed by atoms with Crippen LogP contribution in [0.2, 0.25) is 0 Å². The first-order chi connectivity index (χ1) is 9.97. The molecule has 0 spiro atoms. The van der Waals surface area contributed by atoms with Gasteiger partial charge in [-0.05, 0) is 55.5 Å². The summed E-state index contributed by atoms with van der Waals surface area (Å²) in [6.45, 7) is 10.7. The number of hydrogen-bond donors (Lipinski definition) is 1. The van der Waals surface area contributed by atoms with Gasteiger partial charge in [0.25, 0.3) is 0 Å². The SMILES string of the molecule is CC1CCCC(CNC(C)CC(C)(C)c2ccccc2)C1. The predicted octanol–water partition coefficient (Wildman–Crippen LogP) is 5.16. The number of nitrogens with one attached hydrogen (secondary N) is 1. The molecule has 0 amide bonds. The molecule has 1 aromatic rings. The smallest absolute Gasteiger partial charge is 0.00471 e. The van der Waals surface area contributed by atoms with Crippen LogP contribution in [0.1, 0.15) is 65.4 Å². The molecular weight excluding hydrogens is 254 g/mol. The highest BCUT2D eigenvalue weighted by Gasteiger charge is 2.24. The first-order valence-corrected chi connectivity index (χ1v) is 8.76. The monoisotopic (exact) mass is 287 g/mol. The standard InChI is InChI=1S/C20H33N/c1-16-9-8-10-18(13-16)15-21-17(2)14-20(3,4)19-11-6-5-7-12-19/h5-7,11-12,16-18,21H,8-10,13-15H2,1-4H3. The van der Waals surface area contributed by atoms with Gasteiger partial charge in [-0.25, -0.2) is 0 Å². The Morgan fingerprint density at radius 1 is 1.19 bits per heavy atom. The van der Waals surface area contributed by atoms with E-state index >= 15 is 0 Å². The fourth-order valence-electron chi connectivity index (χ4n) is 3.96. The van der Waals surface area contributed by atoms with Crippen LogP contribution in [0.5, 0.6) is 0 Å². The maximum Gasteiger partial charge on any atom is 0.00471 e. The molecule has 0 bridgehead atoms. The molecule has 21 heavy (non-hydrogen) atoms. The summed E-state index contributed by atoms with van der Waals surface area (Å²) >= 11 is 0. The largest absolute Gasteiger partial charge is 0.314 e. The van der Waals surface area contributed by atoms with Gasteiger partial charge in [-0.3, -0.25) is 0 Å². The molecule has 0 aromatic heterocycles. The van der Waals surface area contributed by atoms with Crippen molar-refractivity contribution < 1.29 is 0 Å². The lowest BCUT2D eigenvalue weighted by molar-refractivity contribution is 0.261. The van der Waals surface area contributed by atoms with E-state index in [1.54, 1.807) is 0 Å². The second-order valence-electron chi connectivity index (χ2n) is 7.90. The minimum Gasteiger partial charge on any atom is -0.314 e. The highest BCUT2D eigenvalue weighted by Crippen LogP contribution is 2.30. The van der Waals surface area contributed by atoms with Crippen LogP contribution in [0.15, 0.2) is 30.3 Å². The van der Waals surface area contributed by atoms with E-state index in [0.717, 1.165) is 11.8 Å². The summed E-state index contributed by atoms with van der Waals surface area (Å²) in [5.41, 5.74) is 1.69. The van der Waals surface area contributed by atoms with E-state index in [9.17, 15) is 0 Å². The molecule has 1 nitrogen and oxygen atoms in total. The Kier molecular flexibility index (Phi) is 5.87. The highest BCUT2D eigenvalue weighted by atomic mass is 14.9. The van der Waals surface area contributed by atoms with Crippen molar-refractivity contribution in [3.63, 3.8) is 0 Å². The third kappa shape index (κ3) is 5.14. The Morgan fingerprint density at radius 3 is 2.57 bits per heavy atom. The van der Waals surface area contributed by atoms with E-state index in [1.165, 1.54) is 44.2 Å². The highest BCUT2D eigenvalue weighted by molar-refractivity contribution is 5.23. The van der Waals surface area contributed by atoms with Crippen LogP contribution >= 0.6 is 0 Å². The van der Waals surface area contributed by atoms with Gasteiger partial charge >= 0.3 is 0 Å². The van der Waals surface area contributed by atoms with Gasteiger partial charge in [0, 0.05) is 6.04 Å². The van der Waals surface area contributed by atoms with Crippen molar-refractivity contribution in [2.24, 2.45) is 11.8 Å². The first kappa shape index (κ1) is 16.5. The van der Waals surface area contributed by atoms with Gasteiger partial charge in [-0.1, -0.05) is 63.9 Å². The molecular formula is C20H33N. The van der Waals surface area contributed by atoms with Crippen LogP contribution < -0.4 is 5.32 Å². The predicted molar refractivity (Wildman–Crippen MR) is 92.7 cm³/mol. The molecule has 2 rings (SSSR count). The van der Waals surface area contributed by atoms with Gasteiger partial charge in [-0.2, -0.15) is 0 Å². The lowest BCUT2D eigenvalue weighted by atomic mass is 9.79. The average molecular weight is 287 g/mol. The molecule has 0 aliphatic heterocycles. The van der Waals surface area contributed by atoms with Crippen molar-refractivity contribution in [2.75, 3.05) is 6.54 Å². The molecule has 0 saturated heterocycles. The van der Waals surface area contributed by atoms with Crippen molar-refractivity contribution in [3.8, 4) is 0 Å². The number of benzene rings is 1. The molecule has 1 saturated carbocycles. The minimum atomic E-state index is 0.244. The summed E-state index contributed by atoms with van der Waals surface area (Å²) in [6.07, 6.45) is 6.90. The summed E-state index contributed by atoms with van der Waals surface area (Å²) in [7, 11) is 0. The summed E-state index contributed by atoms with van der Waals surface area (Å²) in [4.78, 5) is 0. The Hall–Kier alpha value is -0.820. The van der Waals surface area contributed by atoms with Crippen molar-refractivity contribution >= 4 is 0 Å². The molecule has 118 valence electrons. The quantitative estimate of drug-likeness (QED) is 0.762. The van der Waals surface area contributed by atoms with E-state index in [2.05, 4.69) is 63.3 Å². The Balaban J connectivity index is 1.79. The molecule has 1 aliphatic carbocycles. The van der Waals surface area contributed by atoms with Crippen molar-refractivity contribution in [1.82, 2.24) is 5.32 Å². The van der Waals surface area contributed by atoms with Gasteiger partial charge in [0.1, 0.15) is 0 Å². The van der Waals surface area contributed by atoms with Crippen LogP contribution in [0.4, 0.5) is 0 Å². The lowest BCUT2D eigenvalue weighted by Gasteiger charge is -2.32. The Bertz CT molecular complexity index is 409. The first-order valence-electron chi connectivity index (χ1n) is 8.76.